The lowest BCUT2D eigenvalue weighted by Crippen LogP contribution is -2.50. The molecule has 0 aromatic heterocycles. The van der Waals surface area contributed by atoms with E-state index < -0.39 is 0 Å². The zero-order chi connectivity index (χ0) is 13.9. The lowest BCUT2D eigenvalue weighted by atomic mass is 10.0. The summed E-state index contributed by atoms with van der Waals surface area (Å²) in [5.74, 6) is 0. The topological polar surface area (TPSA) is 32.5 Å². The van der Waals surface area contributed by atoms with Crippen LogP contribution in [0.4, 0.5) is 0 Å². The van der Waals surface area contributed by atoms with Gasteiger partial charge in [-0.2, -0.15) is 0 Å². The highest BCUT2D eigenvalue weighted by molar-refractivity contribution is 9.10. The molecule has 0 saturated carbocycles. The van der Waals surface area contributed by atoms with Crippen LogP contribution in [0.3, 0.4) is 0 Å². The zero-order valence-electron chi connectivity index (χ0n) is 12.0. The number of rotatable bonds is 4. The molecule has 2 aliphatic rings. The van der Waals surface area contributed by atoms with Gasteiger partial charge in [0.2, 0.25) is 0 Å². The third kappa shape index (κ3) is 3.42. The Labute approximate surface area is 130 Å². The average Bonchev–Trinajstić information content (AvgIpc) is 2.93. The van der Waals surface area contributed by atoms with Crippen LogP contribution in [0.2, 0.25) is 0 Å². The first kappa shape index (κ1) is 14.5. The number of halogens is 1. The smallest absolute Gasteiger partial charge is 0.0307 e. The summed E-state index contributed by atoms with van der Waals surface area (Å²) in [7, 11) is 0. The fourth-order valence-electron chi connectivity index (χ4n) is 3.46. The molecule has 3 nitrogen and oxygen atoms in total. The van der Waals surface area contributed by atoms with Crippen molar-refractivity contribution in [3.05, 3.63) is 34.3 Å². The van der Waals surface area contributed by atoms with Gasteiger partial charge < -0.3 is 10.6 Å². The van der Waals surface area contributed by atoms with Gasteiger partial charge >= 0.3 is 0 Å². The average molecular weight is 338 g/mol. The van der Waals surface area contributed by atoms with Crippen molar-refractivity contribution in [1.82, 2.24) is 9.80 Å². The van der Waals surface area contributed by atoms with Crippen LogP contribution in [0.5, 0.6) is 0 Å². The lowest BCUT2D eigenvalue weighted by molar-refractivity contribution is 0.102. The predicted molar refractivity (Wildman–Crippen MR) is 86.7 cm³/mol. The van der Waals surface area contributed by atoms with Crippen LogP contribution in [0, 0.1) is 0 Å². The van der Waals surface area contributed by atoms with Crippen molar-refractivity contribution in [2.75, 3.05) is 32.7 Å². The Morgan fingerprint density at radius 2 is 2.00 bits per heavy atom. The molecule has 1 aromatic carbocycles. The highest BCUT2D eigenvalue weighted by Gasteiger charge is 2.30. The van der Waals surface area contributed by atoms with Gasteiger partial charge in [0.15, 0.2) is 0 Å². The van der Waals surface area contributed by atoms with Crippen molar-refractivity contribution in [3.8, 4) is 0 Å². The Kier molecular flexibility index (Phi) is 4.76. The van der Waals surface area contributed by atoms with Crippen LogP contribution in [-0.4, -0.2) is 48.6 Å². The van der Waals surface area contributed by atoms with Crippen molar-refractivity contribution in [2.45, 2.75) is 31.3 Å². The van der Waals surface area contributed by atoms with Crippen LogP contribution in [0.25, 0.3) is 0 Å². The van der Waals surface area contributed by atoms with E-state index in [0.29, 0.717) is 0 Å². The summed E-state index contributed by atoms with van der Waals surface area (Å²) in [6.07, 6.45) is 3.82. The largest absolute Gasteiger partial charge is 0.324 e. The van der Waals surface area contributed by atoms with Crippen molar-refractivity contribution in [3.63, 3.8) is 0 Å². The molecule has 4 heteroatoms. The molecule has 0 amide bonds. The SMILES string of the molecule is NC(CCN1CCN2CCCC2C1)c1ccc(Br)cc1. The lowest BCUT2D eigenvalue weighted by Gasteiger charge is -2.37. The summed E-state index contributed by atoms with van der Waals surface area (Å²) >= 11 is 3.47. The van der Waals surface area contributed by atoms with E-state index in [-0.39, 0.29) is 6.04 Å². The summed E-state index contributed by atoms with van der Waals surface area (Å²) < 4.78 is 1.12. The summed E-state index contributed by atoms with van der Waals surface area (Å²) in [6, 6.07) is 9.38. The first-order chi connectivity index (χ1) is 9.72. The maximum atomic E-state index is 6.32. The van der Waals surface area contributed by atoms with Crippen LogP contribution in [-0.2, 0) is 0 Å². The van der Waals surface area contributed by atoms with E-state index >= 15 is 0 Å². The van der Waals surface area contributed by atoms with Gasteiger partial charge in [0.25, 0.3) is 0 Å². The first-order valence-corrected chi connectivity index (χ1v) is 8.49. The van der Waals surface area contributed by atoms with Gasteiger partial charge in [-0.05, 0) is 43.5 Å². The highest BCUT2D eigenvalue weighted by Crippen LogP contribution is 2.23. The van der Waals surface area contributed by atoms with Crippen LogP contribution >= 0.6 is 15.9 Å². The number of nitrogens with zero attached hydrogens (tertiary/aromatic N) is 2. The maximum absolute atomic E-state index is 6.32. The van der Waals surface area contributed by atoms with Gasteiger partial charge in [-0.25, -0.2) is 0 Å². The van der Waals surface area contributed by atoms with Crippen LogP contribution in [0.1, 0.15) is 30.9 Å². The summed E-state index contributed by atoms with van der Waals surface area (Å²) in [6.45, 7) is 6.15. The molecule has 1 aromatic rings. The third-order valence-corrected chi connectivity index (χ3v) is 5.25. The van der Waals surface area contributed by atoms with E-state index in [0.717, 1.165) is 23.5 Å². The number of benzene rings is 1. The molecule has 2 atom stereocenters. The number of nitrogens with two attached hydrogens (primary N) is 1. The van der Waals surface area contributed by atoms with Crippen molar-refractivity contribution >= 4 is 15.9 Å². The van der Waals surface area contributed by atoms with Gasteiger partial charge in [0.05, 0.1) is 0 Å². The van der Waals surface area contributed by atoms with E-state index in [2.05, 4.69) is 50.0 Å². The van der Waals surface area contributed by atoms with Gasteiger partial charge in [-0.1, -0.05) is 28.1 Å². The molecule has 2 aliphatic heterocycles. The fourth-order valence-corrected chi connectivity index (χ4v) is 3.72. The summed E-state index contributed by atoms with van der Waals surface area (Å²) in [5, 5.41) is 0. The molecule has 0 radical (unpaired) electrons. The van der Waals surface area contributed by atoms with Crippen LogP contribution < -0.4 is 5.73 Å². The molecule has 0 bridgehead atoms. The fraction of sp³-hybridized carbons (Fsp3) is 0.625. The van der Waals surface area contributed by atoms with E-state index in [1.807, 2.05) is 0 Å². The van der Waals surface area contributed by atoms with Crippen LogP contribution in [0.15, 0.2) is 28.7 Å². The molecule has 2 N–H and O–H groups in total. The molecular weight excluding hydrogens is 314 g/mol. The Morgan fingerprint density at radius 1 is 1.20 bits per heavy atom. The molecule has 2 heterocycles. The Morgan fingerprint density at radius 3 is 2.80 bits per heavy atom. The van der Waals surface area contributed by atoms with Gasteiger partial charge in [0.1, 0.15) is 0 Å². The standard InChI is InChI=1S/C16H24BrN3/c17-14-5-3-13(4-6-14)16(18)7-9-19-10-11-20-8-1-2-15(20)12-19/h3-6,15-16H,1-2,7-12,18H2. The number of hydrogen-bond acceptors (Lipinski definition) is 3. The molecule has 2 fully saturated rings. The second-order valence-corrected chi connectivity index (χ2v) is 7.00. The van der Waals surface area contributed by atoms with Crippen molar-refractivity contribution in [1.29, 1.82) is 0 Å². The Balaban J connectivity index is 1.48. The minimum Gasteiger partial charge on any atom is -0.324 e. The molecule has 2 unspecified atom stereocenters. The molecular formula is C16H24BrN3. The summed E-state index contributed by atoms with van der Waals surface area (Å²) in [5.41, 5.74) is 7.56. The minimum atomic E-state index is 0.157. The number of hydrogen-bond donors (Lipinski definition) is 1. The normalized spacial score (nSPS) is 25.6. The molecule has 110 valence electrons. The Hall–Kier alpha value is -0.420. The van der Waals surface area contributed by atoms with Gasteiger partial charge in [-0.15, -0.1) is 0 Å². The minimum absolute atomic E-state index is 0.157. The van der Waals surface area contributed by atoms with Crippen molar-refractivity contribution < 1.29 is 0 Å². The maximum Gasteiger partial charge on any atom is 0.0307 e. The molecule has 3 rings (SSSR count). The highest BCUT2D eigenvalue weighted by atomic mass is 79.9. The van der Waals surface area contributed by atoms with Gasteiger partial charge in [0, 0.05) is 42.7 Å². The molecule has 0 aliphatic carbocycles. The van der Waals surface area contributed by atoms with E-state index in [4.69, 9.17) is 5.73 Å². The monoisotopic (exact) mass is 337 g/mol. The zero-order valence-corrected chi connectivity index (χ0v) is 13.6. The second-order valence-electron chi connectivity index (χ2n) is 6.08. The molecule has 0 spiro atoms. The molecule has 2 saturated heterocycles. The molecule has 20 heavy (non-hydrogen) atoms. The second kappa shape index (κ2) is 6.56. The number of piperazine rings is 1. The number of fused-ring (bicyclic) bond motifs is 1. The first-order valence-electron chi connectivity index (χ1n) is 7.70. The summed E-state index contributed by atoms with van der Waals surface area (Å²) in [4.78, 5) is 5.26. The van der Waals surface area contributed by atoms with E-state index in [9.17, 15) is 0 Å². The third-order valence-electron chi connectivity index (χ3n) is 4.73. The van der Waals surface area contributed by atoms with Crippen molar-refractivity contribution in [2.24, 2.45) is 5.73 Å². The van der Waals surface area contributed by atoms with Gasteiger partial charge in [-0.3, -0.25) is 4.90 Å². The van der Waals surface area contributed by atoms with E-state index in [1.165, 1.54) is 44.6 Å². The van der Waals surface area contributed by atoms with E-state index in [1.54, 1.807) is 0 Å². The quantitative estimate of drug-likeness (QED) is 0.916. The predicted octanol–water partition coefficient (Wildman–Crippen LogP) is 2.62. The Bertz CT molecular complexity index is 434.